The SMILES string of the molecule is CCCNc1ccc(-c2ccnc(Nc3cccc(CCN4CCN(CC(N)=O)CC4)c3)n2)cn1. The molecule has 3 heterocycles. The van der Waals surface area contributed by atoms with Crippen LogP contribution in [0.15, 0.2) is 54.9 Å². The number of rotatable bonds is 11. The summed E-state index contributed by atoms with van der Waals surface area (Å²) in [5.41, 5.74) is 9.29. The molecule has 4 rings (SSSR count). The molecule has 0 bridgehead atoms. The molecule has 35 heavy (non-hydrogen) atoms. The Balaban J connectivity index is 1.32. The second-order valence-corrected chi connectivity index (χ2v) is 8.78. The van der Waals surface area contributed by atoms with Crippen LogP contribution in [-0.2, 0) is 11.2 Å². The standard InChI is InChI=1S/C26H34N8O/c1-2-10-28-25-7-6-21(18-30-25)23-8-11-29-26(32-23)31-22-5-3-4-20(17-22)9-12-33-13-15-34(16-14-33)19-24(27)35/h3-8,11,17-18H,2,9-10,12-16,19H2,1H3,(H2,27,35)(H,28,30)(H,29,31,32). The van der Waals surface area contributed by atoms with Gasteiger partial charge in [-0.25, -0.2) is 15.0 Å². The van der Waals surface area contributed by atoms with E-state index >= 15 is 0 Å². The molecule has 0 radical (unpaired) electrons. The fourth-order valence-corrected chi connectivity index (χ4v) is 4.10. The molecule has 9 heteroatoms. The Labute approximate surface area is 206 Å². The summed E-state index contributed by atoms with van der Waals surface area (Å²) in [6.45, 7) is 8.03. The van der Waals surface area contributed by atoms with E-state index in [1.54, 1.807) is 6.20 Å². The molecule has 0 unspecified atom stereocenters. The van der Waals surface area contributed by atoms with Gasteiger partial charge in [0.1, 0.15) is 5.82 Å². The van der Waals surface area contributed by atoms with Gasteiger partial charge in [-0.05, 0) is 48.7 Å². The first-order chi connectivity index (χ1) is 17.1. The van der Waals surface area contributed by atoms with Gasteiger partial charge in [0, 0.05) is 62.9 Å². The molecule has 9 nitrogen and oxygen atoms in total. The summed E-state index contributed by atoms with van der Waals surface area (Å²) in [4.78, 5) is 29.2. The maximum Gasteiger partial charge on any atom is 0.231 e. The number of nitrogens with zero attached hydrogens (tertiary/aromatic N) is 5. The van der Waals surface area contributed by atoms with Crippen LogP contribution in [0.4, 0.5) is 17.5 Å². The van der Waals surface area contributed by atoms with Crippen molar-refractivity contribution < 1.29 is 4.79 Å². The number of hydrogen-bond acceptors (Lipinski definition) is 8. The van der Waals surface area contributed by atoms with Crippen LogP contribution in [0, 0.1) is 0 Å². The summed E-state index contributed by atoms with van der Waals surface area (Å²) < 4.78 is 0. The Morgan fingerprint density at radius 3 is 2.63 bits per heavy atom. The molecule has 1 aliphatic heterocycles. The van der Waals surface area contributed by atoms with E-state index in [4.69, 9.17) is 5.73 Å². The third-order valence-electron chi connectivity index (χ3n) is 6.02. The highest BCUT2D eigenvalue weighted by Crippen LogP contribution is 2.21. The number of benzene rings is 1. The largest absolute Gasteiger partial charge is 0.370 e. The van der Waals surface area contributed by atoms with Gasteiger partial charge in [0.05, 0.1) is 12.2 Å². The number of hydrogen-bond donors (Lipinski definition) is 3. The van der Waals surface area contributed by atoms with E-state index in [2.05, 4.69) is 60.5 Å². The summed E-state index contributed by atoms with van der Waals surface area (Å²) in [6, 6.07) is 14.3. The minimum atomic E-state index is -0.258. The van der Waals surface area contributed by atoms with Crippen molar-refractivity contribution in [3.63, 3.8) is 0 Å². The fourth-order valence-electron chi connectivity index (χ4n) is 4.10. The molecule has 0 spiro atoms. The normalized spacial score (nSPS) is 14.5. The van der Waals surface area contributed by atoms with Gasteiger partial charge in [-0.2, -0.15) is 0 Å². The van der Waals surface area contributed by atoms with Crippen LogP contribution >= 0.6 is 0 Å². The number of amides is 1. The average Bonchev–Trinajstić information content (AvgIpc) is 2.87. The first kappa shape index (κ1) is 24.6. The Morgan fingerprint density at radius 1 is 1.06 bits per heavy atom. The van der Waals surface area contributed by atoms with Crippen LogP contribution in [0.1, 0.15) is 18.9 Å². The van der Waals surface area contributed by atoms with E-state index < -0.39 is 0 Å². The Bertz CT molecular complexity index is 1100. The maximum absolute atomic E-state index is 11.1. The third kappa shape index (κ3) is 7.46. The molecule has 0 aliphatic carbocycles. The molecule has 1 fully saturated rings. The lowest BCUT2D eigenvalue weighted by Crippen LogP contribution is -2.49. The maximum atomic E-state index is 11.1. The number of nitrogens with one attached hydrogen (secondary N) is 2. The molecule has 184 valence electrons. The van der Waals surface area contributed by atoms with Crippen molar-refractivity contribution in [1.29, 1.82) is 0 Å². The predicted molar refractivity (Wildman–Crippen MR) is 140 cm³/mol. The summed E-state index contributed by atoms with van der Waals surface area (Å²) >= 11 is 0. The number of anilines is 3. The number of primary amides is 1. The quantitative estimate of drug-likeness (QED) is 0.389. The van der Waals surface area contributed by atoms with Gasteiger partial charge in [-0.1, -0.05) is 19.1 Å². The number of carbonyl (C=O) groups excluding carboxylic acids is 1. The van der Waals surface area contributed by atoms with E-state index in [0.29, 0.717) is 12.5 Å². The highest BCUT2D eigenvalue weighted by atomic mass is 16.1. The van der Waals surface area contributed by atoms with Gasteiger partial charge in [0.15, 0.2) is 0 Å². The minimum Gasteiger partial charge on any atom is -0.370 e. The molecule has 2 aromatic heterocycles. The van der Waals surface area contributed by atoms with Gasteiger partial charge < -0.3 is 21.3 Å². The Morgan fingerprint density at radius 2 is 1.89 bits per heavy atom. The number of nitrogens with two attached hydrogens (primary N) is 1. The molecule has 3 aromatic rings. The Kier molecular flexibility index (Phi) is 8.58. The fraction of sp³-hybridized carbons (Fsp3) is 0.385. The lowest BCUT2D eigenvalue weighted by atomic mass is 10.1. The first-order valence-corrected chi connectivity index (χ1v) is 12.2. The lowest BCUT2D eigenvalue weighted by Gasteiger charge is -2.34. The van der Waals surface area contributed by atoms with E-state index in [1.807, 2.05) is 30.5 Å². The van der Waals surface area contributed by atoms with Crippen molar-refractivity contribution in [3.05, 3.63) is 60.4 Å². The first-order valence-electron chi connectivity index (χ1n) is 12.2. The summed E-state index contributed by atoms with van der Waals surface area (Å²) in [5, 5.41) is 6.62. The molecule has 1 aromatic carbocycles. The van der Waals surface area contributed by atoms with Crippen LogP contribution in [-0.4, -0.2) is 76.5 Å². The van der Waals surface area contributed by atoms with Crippen molar-refractivity contribution >= 4 is 23.4 Å². The highest BCUT2D eigenvalue weighted by Gasteiger charge is 2.17. The van der Waals surface area contributed by atoms with Crippen molar-refractivity contribution in [2.45, 2.75) is 19.8 Å². The molecular formula is C26H34N8O. The Hall–Kier alpha value is -3.56. The lowest BCUT2D eigenvalue weighted by molar-refractivity contribution is -0.119. The number of pyridine rings is 1. The van der Waals surface area contributed by atoms with Crippen molar-refractivity contribution in [3.8, 4) is 11.3 Å². The second-order valence-electron chi connectivity index (χ2n) is 8.78. The smallest absolute Gasteiger partial charge is 0.231 e. The number of piperazine rings is 1. The zero-order chi connectivity index (χ0) is 24.5. The van der Waals surface area contributed by atoms with Crippen molar-refractivity contribution in [2.75, 3.05) is 56.4 Å². The summed E-state index contributed by atoms with van der Waals surface area (Å²) in [5.74, 6) is 1.16. The molecular weight excluding hydrogens is 440 g/mol. The molecule has 0 atom stereocenters. The van der Waals surface area contributed by atoms with Crippen LogP contribution in [0.5, 0.6) is 0 Å². The number of aromatic nitrogens is 3. The van der Waals surface area contributed by atoms with Crippen LogP contribution in [0.25, 0.3) is 11.3 Å². The van der Waals surface area contributed by atoms with Crippen molar-refractivity contribution in [1.82, 2.24) is 24.8 Å². The van der Waals surface area contributed by atoms with Gasteiger partial charge in [-0.3, -0.25) is 9.69 Å². The van der Waals surface area contributed by atoms with Crippen LogP contribution in [0.2, 0.25) is 0 Å². The van der Waals surface area contributed by atoms with Gasteiger partial charge in [-0.15, -0.1) is 0 Å². The highest BCUT2D eigenvalue weighted by molar-refractivity contribution is 5.75. The van der Waals surface area contributed by atoms with Crippen LogP contribution in [0.3, 0.4) is 0 Å². The molecule has 1 saturated heterocycles. The van der Waals surface area contributed by atoms with E-state index in [1.165, 1.54) is 5.56 Å². The topological polar surface area (TPSA) is 112 Å². The minimum absolute atomic E-state index is 0.258. The average molecular weight is 475 g/mol. The van der Waals surface area contributed by atoms with Gasteiger partial charge >= 0.3 is 0 Å². The zero-order valence-electron chi connectivity index (χ0n) is 20.3. The summed E-state index contributed by atoms with van der Waals surface area (Å²) in [7, 11) is 0. The summed E-state index contributed by atoms with van der Waals surface area (Å²) in [6.07, 6.45) is 5.60. The van der Waals surface area contributed by atoms with Crippen LogP contribution < -0.4 is 16.4 Å². The van der Waals surface area contributed by atoms with Gasteiger partial charge in [0.25, 0.3) is 0 Å². The molecule has 1 amide bonds. The van der Waals surface area contributed by atoms with Crippen molar-refractivity contribution in [2.24, 2.45) is 5.73 Å². The van der Waals surface area contributed by atoms with E-state index in [0.717, 1.165) is 74.9 Å². The molecule has 4 N–H and O–H groups in total. The second kappa shape index (κ2) is 12.2. The van der Waals surface area contributed by atoms with Gasteiger partial charge in [0.2, 0.25) is 11.9 Å². The van der Waals surface area contributed by atoms with E-state index in [9.17, 15) is 4.79 Å². The van der Waals surface area contributed by atoms with E-state index in [-0.39, 0.29) is 5.91 Å². The molecule has 0 saturated carbocycles. The molecule has 1 aliphatic rings. The predicted octanol–water partition coefficient (Wildman–Crippen LogP) is 2.75. The monoisotopic (exact) mass is 474 g/mol. The zero-order valence-corrected chi connectivity index (χ0v) is 20.3. The number of carbonyl (C=O) groups is 1. The third-order valence-corrected chi connectivity index (χ3v) is 6.02.